The number of para-hydroxylation sites is 1. The van der Waals surface area contributed by atoms with Gasteiger partial charge in [-0.25, -0.2) is 0 Å². The first-order valence-electron chi connectivity index (χ1n) is 7.11. The molecule has 1 saturated heterocycles. The van der Waals surface area contributed by atoms with Crippen LogP contribution in [0.4, 0.5) is 5.69 Å². The molecular weight excluding hydrogens is 264 g/mol. The number of carbonyl (C=O) groups is 1. The maximum absolute atomic E-state index is 12.2. The Morgan fingerprint density at radius 2 is 2.05 bits per heavy atom. The third kappa shape index (κ3) is 2.89. The van der Waals surface area contributed by atoms with E-state index in [1.54, 1.807) is 13.3 Å². The van der Waals surface area contributed by atoms with Crippen LogP contribution in [0, 0.1) is 5.92 Å². The number of anilines is 1. The van der Waals surface area contributed by atoms with Crippen molar-refractivity contribution in [1.29, 1.82) is 0 Å². The number of methoxy groups -OCH3 is 1. The minimum absolute atomic E-state index is 0.182. The second-order valence-corrected chi connectivity index (χ2v) is 5.27. The van der Waals surface area contributed by atoms with Gasteiger partial charge >= 0.3 is 0 Å². The van der Waals surface area contributed by atoms with Crippen molar-refractivity contribution in [2.45, 2.75) is 12.8 Å². The maximum Gasteiger partial charge on any atom is 0.227 e. The fourth-order valence-corrected chi connectivity index (χ4v) is 2.81. The number of nitrogens with zero attached hydrogens (tertiary/aromatic N) is 2. The van der Waals surface area contributed by atoms with Gasteiger partial charge in [-0.15, -0.1) is 0 Å². The van der Waals surface area contributed by atoms with E-state index in [1.165, 1.54) is 0 Å². The lowest BCUT2D eigenvalue weighted by Crippen LogP contribution is -2.24. The van der Waals surface area contributed by atoms with E-state index in [2.05, 4.69) is 4.98 Å². The Morgan fingerprint density at radius 3 is 2.81 bits per heavy atom. The molecule has 2 aromatic rings. The zero-order chi connectivity index (χ0) is 14.7. The Labute approximate surface area is 124 Å². The van der Waals surface area contributed by atoms with Gasteiger partial charge in [0.05, 0.1) is 12.8 Å². The number of benzene rings is 1. The van der Waals surface area contributed by atoms with Crippen molar-refractivity contribution in [2.24, 2.45) is 5.92 Å². The topological polar surface area (TPSA) is 42.4 Å². The lowest BCUT2D eigenvalue weighted by Gasteiger charge is -2.16. The minimum Gasteiger partial charge on any atom is -0.495 e. The molecule has 108 valence electrons. The van der Waals surface area contributed by atoms with Crippen LogP contribution in [-0.2, 0) is 11.2 Å². The van der Waals surface area contributed by atoms with E-state index in [4.69, 9.17) is 4.74 Å². The predicted octanol–water partition coefficient (Wildman–Crippen LogP) is 2.69. The summed E-state index contributed by atoms with van der Waals surface area (Å²) in [7, 11) is 1.65. The molecule has 0 unspecified atom stereocenters. The second-order valence-electron chi connectivity index (χ2n) is 5.27. The van der Waals surface area contributed by atoms with Crippen LogP contribution in [0.2, 0.25) is 0 Å². The van der Waals surface area contributed by atoms with Gasteiger partial charge in [0.15, 0.2) is 0 Å². The van der Waals surface area contributed by atoms with E-state index in [-0.39, 0.29) is 11.8 Å². The molecule has 0 bridgehead atoms. The molecule has 1 amide bonds. The zero-order valence-corrected chi connectivity index (χ0v) is 12.0. The molecule has 0 radical (unpaired) electrons. The van der Waals surface area contributed by atoms with Crippen LogP contribution in [0.25, 0.3) is 0 Å². The van der Waals surface area contributed by atoms with Crippen LogP contribution >= 0.6 is 0 Å². The van der Waals surface area contributed by atoms with Gasteiger partial charge in [0.25, 0.3) is 0 Å². The number of pyridine rings is 1. The molecular formula is C17H18N2O2. The normalized spacial score (nSPS) is 18.0. The number of hydrogen-bond acceptors (Lipinski definition) is 3. The average molecular weight is 282 g/mol. The van der Waals surface area contributed by atoms with Crippen LogP contribution in [0.5, 0.6) is 5.75 Å². The van der Waals surface area contributed by atoms with Gasteiger partial charge in [0.1, 0.15) is 5.75 Å². The van der Waals surface area contributed by atoms with E-state index < -0.39 is 0 Å². The van der Waals surface area contributed by atoms with Crippen LogP contribution in [0.15, 0.2) is 48.7 Å². The second kappa shape index (κ2) is 5.95. The fraction of sp³-hybridized carbons (Fsp3) is 0.294. The number of ether oxygens (including phenoxy) is 1. The van der Waals surface area contributed by atoms with Gasteiger partial charge in [0.2, 0.25) is 5.91 Å². The van der Waals surface area contributed by atoms with Crippen molar-refractivity contribution in [3.05, 3.63) is 54.4 Å². The Kier molecular flexibility index (Phi) is 3.86. The molecule has 0 aliphatic carbocycles. The molecule has 1 atom stereocenters. The molecule has 0 spiro atoms. The highest BCUT2D eigenvalue weighted by atomic mass is 16.5. The molecule has 4 nitrogen and oxygen atoms in total. The van der Waals surface area contributed by atoms with Gasteiger partial charge in [-0.3, -0.25) is 9.78 Å². The average Bonchev–Trinajstić information content (AvgIpc) is 2.89. The Balaban J connectivity index is 1.73. The predicted molar refractivity (Wildman–Crippen MR) is 81.4 cm³/mol. The highest BCUT2D eigenvalue weighted by Crippen LogP contribution is 2.28. The van der Waals surface area contributed by atoms with E-state index in [1.807, 2.05) is 47.4 Å². The van der Waals surface area contributed by atoms with Gasteiger partial charge in [-0.1, -0.05) is 18.2 Å². The molecule has 1 aliphatic heterocycles. The molecule has 1 aliphatic rings. The number of hydrogen-bond donors (Lipinski definition) is 0. The van der Waals surface area contributed by atoms with Crippen molar-refractivity contribution in [3.8, 4) is 5.75 Å². The lowest BCUT2D eigenvalue weighted by molar-refractivity contribution is -0.117. The Morgan fingerprint density at radius 1 is 1.24 bits per heavy atom. The maximum atomic E-state index is 12.2. The number of amides is 1. The van der Waals surface area contributed by atoms with Crippen molar-refractivity contribution >= 4 is 11.6 Å². The molecule has 1 aromatic carbocycles. The third-order valence-electron chi connectivity index (χ3n) is 3.82. The molecule has 4 heteroatoms. The van der Waals surface area contributed by atoms with Crippen LogP contribution in [0.3, 0.4) is 0 Å². The van der Waals surface area contributed by atoms with E-state index >= 15 is 0 Å². The molecule has 2 heterocycles. The summed E-state index contributed by atoms with van der Waals surface area (Å²) in [5.74, 6) is 1.26. The first kappa shape index (κ1) is 13.6. The summed E-state index contributed by atoms with van der Waals surface area (Å²) in [6, 6.07) is 13.6. The van der Waals surface area contributed by atoms with Crippen molar-refractivity contribution in [1.82, 2.24) is 4.98 Å². The minimum atomic E-state index is 0.182. The highest BCUT2D eigenvalue weighted by Gasteiger charge is 2.31. The molecule has 3 rings (SSSR count). The monoisotopic (exact) mass is 282 g/mol. The van der Waals surface area contributed by atoms with E-state index in [0.717, 1.165) is 30.1 Å². The van der Waals surface area contributed by atoms with Crippen LogP contribution < -0.4 is 9.64 Å². The largest absolute Gasteiger partial charge is 0.495 e. The van der Waals surface area contributed by atoms with Gasteiger partial charge < -0.3 is 9.64 Å². The summed E-state index contributed by atoms with van der Waals surface area (Å²) >= 11 is 0. The molecule has 0 N–H and O–H groups in total. The van der Waals surface area contributed by atoms with Gasteiger partial charge in [0, 0.05) is 24.8 Å². The smallest absolute Gasteiger partial charge is 0.227 e. The number of aromatic nitrogens is 1. The summed E-state index contributed by atoms with van der Waals surface area (Å²) in [6.45, 7) is 0.739. The number of rotatable bonds is 4. The molecule has 1 fully saturated rings. The summed E-state index contributed by atoms with van der Waals surface area (Å²) < 4.78 is 5.33. The van der Waals surface area contributed by atoms with Crippen LogP contribution in [-0.4, -0.2) is 24.5 Å². The summed E-state index contributed by atoms with van der Waals surface area (Å²) in [4.78, 5) is 18.4. The first-order valence-corrected chi connectivity index (χ1v) is 7.11. The summed E-state index contributed by atoms with van der Waals surface area (Å²) in [5.41, 5.74) is 1.89. The summed E-state index contributed by atoms with van der Waals surface area (Å²) in [6.07, 6.45) is 3.09. The number of carbonyl (C=O) groups excluding carboxylic acids is 1. The molecule has 0 saturated carbocycles. The third-order valence-corrected chi connectivity index (χ3v) is 3.82. The lowest BCUT2D eigenvalue weighted by atomic mass is 10.0. The van der Waals surface area contributed by atoms with Gasteiger partial charge in [-0.2, -0.15) is 0 Å². The van der Waals surface area contributed by atoms with E-state index in [0.29, 0.717) is 6.42 Å². The van der Waals surface area contributed by atoms with E-state index in [9.17, 15) is 4.79 Å². The van der Waals surface area contributed by atoms with Crippen LogP contribution in [0.1, 0.15) is 12.1 Å². The Hall–Kier alpha value is -2.36. The quantitative estimate of drug-likeness (QED) is 0.866. The van der Waals surface area contributed by atoms with Crippen molar-refractivity contribution < 1.29 is 9.53 Å². The summed E-state index contributed by atoms with van der Waals surface area (Å²) in [5, 5.41) is 0. The standard InChI is InChI=1S/C17H18N2O2/c1-21-16-8-5-9-18-15(16)10-13-11-17(20)19(12-13)14-6-3-2-4-7-14/h2-9,13H,10-12H2,1H3/t13-/m1/s1. The SMILES string of the molecule is COc1cccnc1C[C@@H]1CC(=O)N(c2ccccc2)C1. The van der Waals surface area contributed by atoms with Crippen molar-refractivity contribution in [3.63, 3.8) is 0 Å². The van der Waals surface area contributed by atoms with Crippen molar-refractivity contribution in [2.75, 3.05) is 18.6 Å². The van der Waals surface area contributed by atoms with Gasteiger partial charge in [-0.05, 0) is 36.6 Å². The highest BCUT2D eigenvalue weighted by molar-refractivity contribution is 5.95. The first-order chi connectivity index (χ1) is 10.3. The molecule has 1 aromatic heterocycles. The molecule has 21 heavy (non-hydrogen) atoms. The fourth-order valence-electron chi connectivity index (χ4n) is 2.81. The zero-order valence-electron chi connectivity index (χ0n) is 12.0. The Bertz CT molecular complexity index is 628.